The van der Waals surface area contributed by atoms with Gasteiger partial charge in [-0.1, -0.05) is 19.9 Å². The zero-order chi connectivity index (χ0) is 18.0. The summed E-state index contributed by atoms with van der Waals surface area (Å²) in [6, 6.07) is 6.80. The third kappa shape index (κ3) is 2.81. The molecule has 3 aliphatic rings. The van der Waals surface area contributed by atoms with Crippen LogP contribution in [0.15, 0.2) is 18.2 Å². The Morgan fingerprint density at radius 2 is 1.96 bits per heavy atom. The molecule has 4 rings (SSSR count). The highest BCUT2D eigenvalue weighted by Gasteiger charge is 2.56. The maximum Gasteiger partial charge on any atom is 0.120 e. The molecule has 2 fully saturated rings. The lowest BCUT2D eigenvalue weighted by Crippen LogP contribution is -2.44. The van der Waals surface area contributed by atoms with E-state index in [4.69, 9.17) is 4.74 Å². The summed E-state index contributed by atoms with van der Waals surface area (Å²) in [5, 5.41) is 10.8. The standard InChI is InChI=1S/C23H34O2/c1-14-12-20-19-8-6-15-13-16(25-22(2,3)4)7-9-17(15)18(19)10-11-23(20,5)21(14)24/h7,9,13-14,18-21,24H,6,8,10-12H2,1-5H3/t14-,18+,19+,20-,21-,23-/m0/s1. The van der Waals surface area contributed by atoms with Crippen molar-refractivity contribution in [2.24, 2.45) is 23.2 Å². The summed E-state index contributed by atoms with van der Waals surface area (Å²) in [6.45, 7) is 10.9. The van der Waals surface area contributed by atoms with Gasteiger partial charge in [0, 0.05) is 0 Å². The molecule has 0 aromatic heterocycles. The zero-order valence-corrected chi connectivity index (χ0v) is 16.5. The van der Waals surface area contributed by atoms with Crippen LogP contribution in [0.5, 0.6) is 5.75 Å². The molecule has 0 amide bonds. The SMILES string of the molecule is C[C@H]1C[C@H]2[C@@H]3CCc4cc(OC(C)(C)C)ccc4[C@H]3CC[C@]2(C)[C@H]1O. The Bertz CT molecular complexity index is 659. The summed E-state index contributed by atoms with van der Waals surface area (Å²) >= 11 is 0. The van der Waals surface area contributed by atoms with Gasteiger partial charge < -0.3 is 9.84 Å². The van der Waals surface area contributed by atoms with E-state index in [9.17, 15) is 5.11 Å². The van der Waals surface area contributed by atoms with Crippen molar-refractivity contribution in [2.45, 2.75) is 84.3 Å². The van der Waals surface area contributed by atoms with Crippen LogP contribution >= 0.6 is 0 Å². The van der Waals surface area contributed by atoms with Gasteiger partial charge in [-0.05, 0) is 105 Å². The number of aryl methyl sites for hydroxylation is 1. The van der Waals surface area contributed by atoms with Crippen LogP contribution in [0.1, 0.15) is 77.3 Å². The Hall–Kier alpha value is -1.02. The zero-order valence-electron chi connectivity index (χ0n) is 16.5. The molecular weight excluding hydrogens is 308 g/mol. The van der Waals surface area contributed by atoms with Gasteiger partial charge in [0.25, 0.3) is 0 Å². The molecule has 2 saturated carbocycles. The third-order valence-corrected chi connectivity index (χ3v) is 7.40. The molecule has 0 radical (unpaired) electrons. The molecule has 1 N–H and O–H groups in total. The van der Waals surface area contributed by atoms with E-state index in [1.807, 2.05) is 0 Å². The lowest BCUT2D eigenvalue weighted by molar-refractivity contribution is -0.0309. The van der Waals surface area contributed by atoms with Crippen molar-refractivity contribution in [3.63, 3.8) is 0 Å². The molecule has 1 aromatic rings. The minimum atomic E-state index is -0.145. The van der Waals surface area contributed by atoms with E-state index in [0.29, 0.717) is 17.8 Å². The summed E-state index contributed by atoms with van der Waals surface area (Å²) in [6.07, 6.45) is 5.94. The van der Waals surface area contributed by atoms with Gasteiger partial charge in [-0.15, -0.1) is 0 Å². The average molecular weight is 343 g/mol. The first-order chi connectivity index (χ1) is 11.7. The van der Waals surface area contributed by atoms with Crippen molar-refractivity contribution in [2.75, 3.05) is 0 Å². The summed E-state index contributed by atoms with van der Waals surface area (Å²) in [7, 11) is 0. The van der Waals surface area contributed by atoms with Crippen molar-refractivity contribution in [3.8, 4) is 5.75 Å². The van der Waals surface area contributed by atoms with Gasteiger partial charge in [0.05, 0.1) is 6.10 Å². The van der Waals surface area contributed by atoms with E-state index in [1.165, 1.54) is 31.2 Å². The van der Waals surface area contributed by atoms with E-state index in [0.717, 1.165) is 18.1 Å². The minimum absolute atomic E-state index is 0.109. The molecule has 25 heavy (non-hydrogen) atoms. The van der Waals surface area contributed by atoms with E-state index in [1.54, 1.807) is 5.56 Å². The summed E-state index contributed by atoms with van der Waals surface area (Å²) in [5.74, 6) is 3.59. The maximum atomic E-state index is 10.8. The second-order valence-corrected chi connectivity index (χ2v) is 10.2. The van der Waals surface area contributed by atoms with Crippen molar-refractivity contribution in [1.82, 2.24) is 0 Å². The molecule has 3 aliphatic carbocycles. The number of rotatable bonds is 1. The number of aliphatic hydroxyl groups excluding tert-OH is 1. The number of hydrogen-bond donors (Lipinski definition) is 1. The fourth-order valence-corrected chi connectivity index (χ4v) is 6.31. The van der Waals surface area contributed by atoms with Crippen LogP contribution in [0.4, 0.5) is 0 Å². The number of aliphatic hydroxyl groups is 1. The number of benzene rings is 1. The fourth-order valence-electron chi connectivity index (χ4n) is 6.31. The summed E-state index contributed by atoms with van der Waals surface area (Å²) in [5.41, 5.74) is 3.06. The molecule has 0 unspecified atom stereocenters. The molecule has 138 valence electrons. The molecule has 6 atom stereocenters. The maximum absolute atomic E-state index is 10.8. The molecule has 0 spiro atoms. The smallest absolute Gasteiger partial charge is 0.120 e. The Kier molecular flexibility index (Phi) is 3.99. The molecular formula is C23H34O2. The predicted octanol–water partition coefficient (Wildman–Crippen LogP) is 5.33. The van der Waals surface area contributed by atoms with Gasteiger partial charge in [-0.3, -0.25) is 0 Å². The fraction of sp³-hybridized carbons (Fsp3) is 0.739. The van der Waals surface area contributed by atoms with Crippen LogP contribution in [0.2, 0.25) is 0 Å². The van der Waals surface area contributed by atoms with Gasteiger partial charge in [-0.2, -0.15) is 0 Å². The van der Waals surface area contributed by atoms with Gasteiger partial charge in [0.15, 0.2) is 0 Å². The van der Waals surface area contributed by atoms with Crippen LogP contribution in [-0.4, -0.2) is 16.8 Å². The number of ether oxygens (including phenoxy) is 1. The number of hydrogen-bond acceptors (Lipinski definition) is 2. The monoisotopic (exact) mass is 342 g/mol. The van der Waals surface area contributed by atoms with E-state index in [2.05, 4.69) is 52.8 Å². The Balaban J connectivity index is 1.62. The van der Waals surface area contributed by atoms with Crippen molar-refractivity contribution in [3.05, 3.63) is 29.3 Å². The van der Waals surface area contributed by atoms with Crippen LogP contribution in [0.3, 0.4) is 0 Å². The van der Waals surface area contributed by atoms with Crippen LogP contribution in [0.25, 0.3) is 0 Å². The normalized spacial score (nSPS) is 40.2. The minimum Gasteiger partial charge on any atom is -0.488 e. The Morgan fingerprint density at radius 3 is 2.68 bits per heavy atom. The second kappa shape index (κ2) is 5.74. The molecule has 0 aliphatic heterocycles. The number of fused-ring (bicyclic) bond motifs is 5. The third-order valence-electron chi connectivity index (χ3n) is 7.40. The van der Waals surface area contributed by atoms with Gasteiger partial charge in [0.2, 0.25) is 0 Å². The average Bonchev–Trinajstić information content (AvgIpc) is 2.76. The first-order valence-corrected chi connectivity index (χ1v) is 10.2. The molecule has 2 nitrogen and oxygen atoms in total. The first kappa shape index (κ1) is 17.4. The van der Waals surface area contributed by atoms with Crippen molar-refractivity contribution in [1.29, 1.82) is 0 Å². The molecule has 2 heteroatoms. The van der Waals surface area contributed by atoms with Gasteiger partial charge >= 0.3 is 0 Å². The van der Waals surface area contributed by atoms with E-state index in [-0.39, 0.29) is 17.1 Å². The summed E-state index contributed by atoms with van der Waals surface area (Å²) in [4.78, 5) is 0. The van der Waals surface area contributed by atoms with Gasteiger partial charge in [-0.25, -0.2) is 0 Å². The quantitative estimate of drug-likeness (QED) is 0.748. The van der Waals surface area contributed by atoms with E-state index < -0.39 is 0 Å². The van der Waals surface area contributed by atoms with Crippen LogP contribution in [0, 0.1) is 23.2 Å². The molecule has 1 aromatic carbocycles. The van der Waals surface area contributed by atoms with Crippen molar-refractivity contribution >= 4 is 0 Å². The van der Waals surface area contributed by atoms with Crippen LogP contribution < -0.4 is 4.74 Å². The topological polar surface area (TPSA) is 29.5 Å². The summed E-state index contributed by atoms with van der Waals surface area (Å²) < 4.78 is 6.08. The highest BCUT2D eigenvalue weighted by Crippen LogP contribution is 2.62. The first-order valence-electron chi connectivity index (χ1n) is 10.2. The Morgan fingerprint density at radius 1 is 1.20 bits per heavy atom. The lowest BCUT2D eigenvalue weighted by atomic mass is 9.55. The highest BCUT2D eigenvalue weighted by atomic mass is 16.5. The largest absolute Gasteiger partial charge is 0.488 e. The van der Waals surface area contributed by atoms with Crippen molar-refractivity contribution < 1.29 is 9.84 Å². The molecule has 0 bridgehead atoms. The van der Waals surface area contributed by atoms with Gasteiger partial charge in [0.1, 0.15) is 11.4 Å². The van der Waals surface area contributed by atoms with Crippen LogP contribution in [-0.2, 0) is 6.42 Å². The molecule has 0 saturated heterocycles. The highest BCUT2D eigenvalue weighted by molar-refractivity contribution is 5.41. The second-order valence-electron chi connectivity index (χ2n) is 10.2. The van der Waals surface area contributed by atoms with E-state index >= 15 is 0 Å². The Labute approximate surface area is 153 Å². The lowest BCUT2D eigenvalue weighted by Gasteiger charge is -2.50. The molecule has 0 heterocycles. The predicted molar refractivity (Wildman–Crippen MR) is 102 cm³/mol.